The molecule has 1 aromatic carbocycles. The van der Waals surface area contributed by atoms with Gasteiger partial charge in [-0.15, -0.1) is 0 Å². The maximum atomic E-state index is 5.70. The van der Waals surface area contributed by atoms with E-state index in [2.05, 4.69) is 33.3 Å². The number of amidine groups is 1. The van der Waals surface area contributed by atoms with E-state index in [1.165, 1.54) is 0 Å². The lowest BCUT2D eigenvalue weighted by Gasteiger charge is -2.28. The van der Waals surface area contributed by atoms with Gasteiger partial charge in [0.25, 0.3) is 0 Å². The fourth-order valence-electron chi connectivity index (χ4n) is 2.22. The predicted molar refractivity (Wildman–Crippen MR) is 89.1 cm³/mol. The smallest absolute Gasteiger partial charge is 0.167 e. The third-order valence-corrected chi connectivity index (χ3v) is 4.07. The van der Waals surface area contributed by atoms with Crippen molar-refractivity contribution >= 4 is 23.5 Å². The first-order valence-electron chi connectivity index (χ1n) is 7.33. The van der Waals surface area contributed by atoms with Crippen LogP contribution in [0.1, 0.15) is 25.3 Å². The molecule has 0 bridgehead atoms. The Kier molecular flexibility index (Phi) is 4.60. The Hall–Kier alpha value is -1.75. The van der Waals surface area contributed by atoms with Crippen LogP contribution in [0.15, 0.2) is 46.1 Å². The van der Waals surface area contributed by atoms with Gasteiger partial charge in [0.15, 0.2) is 5.84 Å². The lowest BCUT2D eigenvalue weighted by molar-refractivity contribution is 0.309. The summed E-state index contributed by atoms with van der Waals surface area (Å²) in [4.78, 5) is 6.66. The number of hydrogen-bond donors (Lipinski definition) is 0. The summed E-state index contributed by atoms with van der Waals surface area (Å²) in [6, 6.07) is 8.12. The average Bonchev–Trinajstić information content (AvgIpc) is 2.55. The van der Waals surface area contributed by atoms with Crippen molar-refractivity contribution in [2.45, 2.75) is 19.8 Å². The molecule has 0 atom stereocenters. The fourth-order valence-corrected chi connectivity index (χ4v) is 2.91. The van der Waals surface area contributed by atoms with Gasteiger partial charge in [-0.05, 0) is 42.6 Å². The van der Waals surface area contributed by atoms with Crippen molar-refractivity contribution in [3.05, 3.63) is 42.2 Å². The Morgan fingerprint density at radius 2 is 2.14 bits per heavy atom. The van der Waals surface area contributed by atoms with Crippen LogP contribution < -0.4 is 4.74 Å². The largest absolute Gasteiger partial charge is 0.494 e. The molecular formula is C16H19N3OS. The van der Waals surface area contributed by atoms with Crippen LogP contribution in [-0.2, 0) is 0 Å². The van der Waals surface area contributed by atoms with Gasteiger partial charge in [-0.1, -0.05) is 13.3 Å². The van der Waals surface area contributed by atoms with Gasteiger partial charge in [0.05, 0.1) is 6.61 Å². The Morgan fingerprint density at radius 3 is 2.95 bits per heavy atom. The van der Waals surface area contributed by atoms with Crippen LogP contribution >= 0.6 is 11.9 Å². The second-order valence-corrected chi connectivity index (χ2v) is 5.79. The Labute approximate surface area is 129 Å². The summed E-state index contributed by atoms with van der Waals surface area (Å²) in [5.74, 6) is 2.88. The fraction of sp³-hybridized carbons (Fsp3) is 0.375. The number of hydrogen-bond acceptors (Lipinski definition) is 5. The molecule has 0 radical (unpaired) electrons. The molecule has 0 aromatic heterocycles. The first-order valence-corrected chi connectivity index (χ1v) is 8.27. The molecule has 3 rings (SSSR count). The number of rotatable bonds is 5. The van der Waals surface area contributed by atoms with Gasteiger partial charge in [-0.25, -0.2) is 0 Å². The molecule has 0 fully saturated rings. The van der Waals surface area contributed by atoms with Gasteiger partial charge in [-0.2, -0.15) is 4.40 Å². The van der Waals surface area contributed by atoms with E-state index in [1.54, 1.807) is 11.9 Å². The van der Waals surface area contributed by atoms with E-state index in [-0.39, 0.29) is 0 Å². The quantitative estimate of drug-likeness (QED) is 0.617. The zero-order valence-electron chi connectivity index (χ0n) is 12.2. The second-order valence-electron chi connectivity index (χ2n) is 4.94. The number of fused-ring (bicyclic) bond motifs is 1. The molecule has 0 unspecified atom stereocenters. The van der Waals surface area contributed by atoms with Crippen molar-refractivity contribution in [3.8, 4) is 5.75 Å². The number of ether oxygens (including phenoxy) is 1. The molecule has 2 heterocycles. The molecule has 5 heteroatoms. The summed E-state index contributed by atoms with van der Waals surface area (Å²) in [6.45, 7) is 3.92. The van der Waals surface area contributed by atoms with Crippen LogP contribution in [0, 0.1) is 0 Å². The summed E-state index contributed by atoms with van der Waals surface area (Å²) in [5, 5.41) is 0. The molecule has 2 aliphatic rings. The first-order chi connectivity index (χ1) is 10.4. The summed E-state index contributed by atoms with van der Waals surface area (Å²) < 4.78 is 10.2. The van der Waals surface area contributed by atoms with E-state index in [0.717, 1.165) is 54.6 Å². The summed E-state index contributed by atoms with van der Waals surface area (Å²) in [5.41, 5.74) is 2.01. The maximum Gasteiger partial charge on any atom is 0.167 e. The van der Waals surface area contributed by atoms with E-state index in [0.29, 0.717) is 0 Å². The molecule has 0 spiro atoms. The van der Waals surface area contributed by atoms with E-state index >= 15 is 0 Å². The molecule has 0 aliphatic carbocycles. The van der Waals surface area contributed by atoms with Gasteiger partial charge in [0.2, 0.25) is 0 Å². The van der Waals surface area contributed by atoms with Crippen LogP contribution in [0.25, 0.3) is 0 Å². The van der Waals surface area contributed by atoms with Gasteiger partial charge in [-0.3, -0.25) is 4.99 Å². The molecule has 0 N–H and O–H groups in total. The highest BCUT2D eigenvalue weighted by atomic mass is 32.2. The Morgan fingerprint density at radius 1 is 1.29 bits per heavy atom. The average molecular weight is 301 g/mol. The molecule has 0 saturated carbocycles. The Bertz CT molecular complexity index is 578. The van der Waals surface area contributed by atoms with Crippen molar-refractivity contribution in [1.29, 1.82) is 0 Å². The predicted octanol–water partition coefficient (Wildman–Crippen LogP) is 3.50. The van der Waals surface area contributed by atoms with Crippen LogP contribution in [0.5, 0.6) is 5.75 Å². The lowest BCUT2D eigenvalue weighted by atomic mass is 10.1. The van der Waals surface area contributed by atoms with E-state index in [1.807, 2.05) is 24.5 Å². The minimum absolute atomic E-state index is 0.774. The van der Waals surface area contributed by atoms with Crippen molar-refractivity contribution in [1.82, 2.24) is 4.90 Å². The van der Waals surface area contributed by atoms with Crippen molar-refractivity contribution in [2.24, 2.45) is 9.39 Å². The van der Waals surface area contributed by atoms with E-state index < -0.39 is 0 Å². The van der Waals surface area contributed by atoms with Gasteiger partial charge >= 0.3 is 0 Å². The zero-order chi connectivity index (χ0) is 14.5. The standard InChI is InChI=1S/C16H19N3OS/c1-2-3-11-20-14-6-4-13(5-7-14)15-16-18-21-12-10-19(16)9-8-17-15/h4-9H,2-3,10-12H2,1H3. The van der Waals surface area contributed by atoms with Crippen LogP contribution in [0.2, 0.25) is 0 Å². The summed E-state index contributed by atoms with van der Waals surface area (Å²) >= 11 is 1.60. The molecule has 0 saturated heterocycles. The number of unbranched alkanes of at least 4 members (excludes halogenated alkanes) is 1. The normalized spacial score (nSPS) is 17.1. The van der Waals surface area contributed by atoms with Crippen LogP contribution in [0.3, 0.4) is 0 Å². The highest BCUT2D eigenvalue weighted by Crippen LogP contribution is 2.21. The maximum absolute atomic E-state index is 5.70. The SMILES string of the molecule is CCCCOc1ccc(C2=NC=CN3CCSN=C23)cc1. The number of nitrogens with zero attached hydrogens (tertiary/aromatic N) is 3. The molecule has 0 amide bonds. The molecular weight excluding hydrogens is 282 g/mol. The van der Waals surface area contributed by atoms with Gasteiger partial charge in [0.1, 0.15) is 11.5 Å². The second kappa shape index (κ2) is 6.80. The lowest BCUT2D eigenvalue weighted by Crippen LogP contribution is -2.38. The van der Waals surface area contributed by atoms with Crippen LogP contribution in [0.4, 0.5) is 0 Å². The molecule has 21 heavy (non-hydrogen) atoms. The highest BCUT2D eigenvalue weighted by molar-refractivity contribution is 7.98. The van der Waals surface area contributed by atoms with E-state index in [4.69, 9.17) is 4.74 Å². The molecule has 1 aromatic rings. The van der Waals surface area contributed by atoms with E-state index in [9.17, 15) is 0 Å². The third kappa shape index (κ3) is 3.29. The van der Waals surface area contributed by atoms with Gasteiger partial charge < -0.3 is 9.64 Å². The van der Waals surface area contributed by atoms with Crippen LogP contribution in [-0.4, -0.2) is 35.4 Å². The third-order valence-electron chi connectivity index (χ3n) is 3.40. The summed E-state index contributed by atoms with van der Waals surface area (Å²) in [6.07, 6.45) is 6.07. The van der Waals surface area contributed by atoms with Crippen molar-refractivity contribution in [3.63, 3.8) is 0 Å². The topological polar surface area (TPSA) is 37.2 Å². The summed E-state index contributed by atoms with van der Waals surface area (Å²) in [7, 11) is 0. The Balaban J connectivity index is 1.76. The number of benzene rings is 1. The zero-order valence-corrected chi connectivity index (χ0v) is 13.0. The molecule has 110 valence electrons. The van der Waals surface area contributed by atoms with Crippen molar-refractivity contribution < 1.29 is 4.74 Å². The highest BCUT2D eigenvalue weighted by Gasteiger charge is 2.22. The molecule has 4 nitrogen and oxygen atoms in total. The molecule has 2 aliphatic heterocycles. The monoisotopic (exact) mass is 301 g/mol. The van der Waals surface area contributed by atoms with Crippen molar-refractivity contribution in [2.75, 3.05) is 18.9 Å². The first kappa shape index (κ1) is 14.2. The minimum Gasteiger partial charge on any atom is -0.494 e. The number of aliphatic imine (C=N–C) groups is 1. The minimum atomic E-state index is 0.774. The van der Waals surface area contributed by atoms with Gasteiger partial charge in [0, 0.05) is 30.3 Å².